The number of aromatic amines is 1. The maximum atomic E-state index is 12.2. The lowest BCUT2D eigenvalue weighted by Gasteiger charge is -2.34. The summed E-state index contributed by atoms with van der Waals surface area (Å²) in [4.78, 5) is 33.3. The molecule has 0 spiro atoms. The first-order valence-corrected chi connectivity index (χ1v) is 8.83. The maximum absolute atomic E-state index is 12.2. The molecule has 3 amide bonds. The SMILES string of the molecule is CCN(CC)CCCNC(=O)N1CCN(C(=O)c2ccc[nH]2)CC1. The van der Waals surface area contributed by atoms with Gasteiger partial charge in [-0.25, -0.2) is 4.79 Å². The molecule has 2 N–H and O–H groups in total. The number of amides is 3. The van der Waals surface area contributed by atoms with Crippen molar-refractivity contribution in [2.75, 3.05) is 52.4 Å². The second-order valence-electron chi connectivity index (χ2n) is 5.98. The predicted octanol–water partition coefficient (Wildman–Crippen LogP) is 1.21. The van der Waals surface area contributed by atoms with E-state index >= 15 is 0 Å². The Morgan fingerprint density at radius 1 is 1.17 bits per heavy atom. The van der Waals surface area contributed by atoms with Crippen molar-refractivity contribution in [1.29, 1.82) is 0 Å². The Hall–Kier alpha value is -2.02. The minimum atomic E-state index is -0.0264. The number of H-pyrrole nitrogens is 1. The molecular weight excluding hydrogens is 306 g/mol. The zero-order valence-corrected chi connectivity index (χ0v) is 14.8. The number of carbonyl (C=O) groups excluding carboxylic acids is 2. The summed E-state index contributed by atoms with van der Waals surface area (Å²) in [6.45, 7) is 10.4. The van der Waals surface area contributed by atoms with Crippen LogP contribution in [0.5, 0.6) is 0 Å². The highest BCUT2D eigenvalue weighted by Crippen LogP contribution is 2.07. The number of hydrogen-bond acceptors (Lipinski definition) is 3. The molecule has 0 atom stereocenters. The lowest BCUT2D eigenvalue weighted by molar-refractivity contribution is 0.0660. The Bertz CT molecular complexity index is 505. The summed E-state index contributed by atoms with van der Waals surface area (Å²) in [5.74, 6) is -0.000666. The van der Waals surface area contributed by atoms with Crippen molar-refractivity contribution >= 4 is 11.9 Å². The topological polar surface area (TPSA) is 71.7 Å². The summed E-state index contributed by atoms with van der Waals surface area (Å²) in [7, 11) is 0. The van der Waals surface area contributed by atoms with Crippen LogP contribution in [0.2, 0.25) is 0 Å². The number of nitrogens with one attached hydrogen (secondary N) is 2. The van der Waals surface area contributed by atoms with Gasteiger partial charge >= 0.3 is 6.03 Å². The van der Waals surface area contributed by atoms with Crippen LogP contribution in [0.1, 0.15) is 30.8 Å². The number of nitrogens with zero attached hydrogens (tertiary/aromatic N) is 3. The van der Waals surface area contributed by atoms with Gasteiger partial charge in [0.2, 0.25) is 0 Å². The lowest BCUT2D eigenvalue weighted by atomic mass is 10.3. The van der Waals surface area contributed by atoms with Gasteiger partial charge in [0.1, 0.15) is 5.69 Å². The molecule has 2 heterocycles. The molecule has 7 nitrogen and oxygen atoms in total. The van der Waals surface area contributed by atoms with Crippen molar-refractivity contribution in [3.8, 4) is 0 Å². The van der Waals surface area contributed by atoms with Crippen molar-refractivity contribution in [3.63, 3.8) is 0 Å². The van der Waals surface area contributed by atoms with Crippen LogP contribution in [0.25, 0.3) is 0 Å². The highest BCUT2D eigenvalue weighted by atomic mass is 16.2. The Morgan fingerprint density at radius 2 is 1.83 bits per heavy atom. The van der Waals surface area contributed by atoms with Crippen LogP contribution in [0.15, 0.2) is 18.3 Å². The molecule has 24 heavy (non-hydrogen) atoms. The van der Waals surface area contributed by atoms with Crippen molar-refractivity contribution in [2.45, 2.75) is 20.3 Å². The third kappa shape index (κ3) is 4.99. The molecule has 2 rings (SSSR count). The first-order chi connectivity index (χ1) is 11.7. The zero-order chi connectivity index (χ0) is 17.4. The average Bonchev–Trinajstić information content (AvgIpc) is 3.16. The van der Waals surface area contributed by atoms with Crippen LogP contribution in [0.3, 0.4) is 0 Å². The van der Waals surface area contributed by atoms with Crippen LogP contribution in [0.4, 0.5) is 4.79 Å². The molecule has 1 saturated heterocycles. The lowest BCUT2D eigenvalue weighted by Crippen LogP contribution is -2.53. The second-order valence-corrected chi connectivity index (χ2v) is 5.98. The third-order valence-electron chi connectivity index (χ3n) is 4.50. The number of rotatable bonds is 7. The molecule has 0 radical (unpaired) electrons. The van der Waals surface area contributed by atoms with Gasteiger partial charge in [0, 0.05) is 38.9 Å². The first kappa shape index (κ1) is 18.3. The predicted molar refractivity (Wildman–Crippen MR) is 94.1 cm³/mol. The largest absolute Gasteiger partial charge is 0.357 e. The number of piperazine rings is 1. The highest BCUT2D eigenvalue weighted by Gasteiger charge is 2.24. The number of urea groups is 1. The van der Waals surface area contributed by atoms with Gasteiger partial charge in [0.15, 0.2) is 0 Å². The summed E-state index contributed by atoms with van der Waals surface area (Å²) in [6.07, 6.45) is 2.70. The van der Waals surface area contributed by atoms with Gasteiger partial charge in [0.25, 0.3) is 5.91 Å². The smallest absolute Gasteiger partial charge is 0.317 e. The molecule has 0 unspecified atom stereocenters. The van der Waals surface area contributed by atoms with Crippen LogP contribution < -0.4 is 5.32 Å². The molecule has 0 saturated carbocycles. The monoisotopic (exact) mass is 335 g/mol. The van der Waals surface area contributed by atoms with E-state index in [1.807, 2.05) is 6.07 Å². The van der Waals surface area contributed by atoms with E-state index in [2.05, 4.69) is 29.0 Å². The van der Waals surface area contributed by atoms with Crippen LogP contribution >= 0.6 is 0 Å². The number of aromatic nitrogens is 1. The number of carbonyl (C=O) groups is 2. The summed E-state index contributed by atoms with van der Waals surface area (Å²) in [6, 6.07) is 3.56. The van der Waals surface area contributed by atoms with E-state index in [-0.39, 0.29) is 11.9 Å². The van der Waals surface area contributed by atoms with Gasteiger partial charge in [-0.3, -0.25) is 4.79 Å². The molecule has 1 aliphatic rings. The van der Waals surface area contributed by atoms with E-state index in [0.29, 0.717) is 38.4 Å². The highest BCUT2D eigenvalue weighted by molar-refractivity contribution is 5.92. The maximum Gasteiger partial charge on any atom is 0.317 e. The quantitative estimate of drug-likeness (QED) is 0.736. The Kier molecular flexibility index (Phi) is 7.11. The third-order valence-corrected chi connectivity index (χ3v) is 4.50. The molecule has 0 aromatic carbocycles. The van der Waals surface area contributed by atoms with E-state index in [0.717, 1.165) is 26.1 Å². The molecule has 1 fully saturated rings. The van der Waals surface area contributed by atoms with Crippen LogP contribution in [-0.2, 0) is 0 Å². The Balaban J connectivity index is 1.66. The fourth-order valence-corrected chi connectivity index (χ4v) is 2.90. The van der Waals surface area contributed by atoms with Crippen molar-refractivity contribution in [3.05, 3.63) is 24.0 Å². The first-order valence-electron chi connectivity index (χ1n) is 8.83. The molecule has 1 aromatic heterocycles. The van der Waals surface area contributed by atoms with Gasteiger partial charge in [-0.15, -0.1) is 0 Å². The Morgan fingerprint density at radius 3 is 2.42 bits per heavy atom. The minimum absolute atomic E-state index is 0.000666. The van der Waals surface area contributed by atoms with Crippen molar-refractivity contribution in [2.24, 2.45) is 0 Å². The van der Waals surface area contributed by atoms with Gasteiger partial charge in [0.05, 0.1) is 0 Å². The van der Waals surface area contributed by atoms with Crippen molar-refractivity contribution < 1.29 is 9.59 Å². The summed E-state index contributed by atoms with van der Waals surface area (Å²) < 4.78 is 0. The van der Waals surface area contributed by atoms with E-state index < -0.39 is 0 Å². The van der Waals surface area contributed by atoms with Gasteiger partial charge in [-0.05, 0) is 38.2 Å². The summed E-state index contributed by atoms with van der Waals surface area (Å²) in [5, 5.41) is 2.98. The van der Waals surface area contributed by atoms with Crippen LogP contribution in [0, 0.1) is 0 Å². The summed E-state index contributed by atoms with van der Waals surface area (Å²) in [5.41, 5.74) is 0.601. The van der Waals surface area contributed by atoms with Crippen LogP contribution in [-0.4, -0.2) is 84.0 Å². The molecule has 1 aromatic rings. The molecule has 1 aliphatic heterocycles. The fraction of sp³-hybridized carbons (Fsp3) is 0.647. The van der Waals surface area contributed by atoms with Crippen molar-refractivity contribution in [1.82, 2.24) is 25.0 Å². The van der Waals surface area contributed by atoms with Gasteiger partial charge < -0.3 is 25.0 Å². The normalized spacial score (nSPS) is 15.0. The molecule has 7 heteroatoms. The standard InChI is InChI=1S/C17H29N5O2/c1-3-20(4-2)10-6-9-19-17(24)22-13-11-21(12-14-22)16(23)15-7-5-8-18-15/h5,7-8,18H,3-4,6,9-14H2,1-2H3,(H,19,24). The second kappa shape index (κ2) is 9.32. The van der Waals surface area contributed by atoms with E-state index in [1.165, 1.54) is 0 Å². The van der Waals surface area contributed by atoms with Gasteiger partial charge in [-0.1, -0.05) is 13.8 Å². The average molecular weight is 335 g/mol. The fourth-order valence-electron chi connectivity index (χ4n) is 2.90. The van der Waals surface area contributed by atoms with E-state index in [1.54, 1.807) is 22.1 Å². The molecule has 134 valence electrons. The van der Waals surface area contributed by atoms with E-state index in [9.17, 15) is 9.59 Å². The summed E-state index contributed by atoms with van der Waals surface area (Å²) >= 11 is 0. The zero-order valence-electron chi connectivity index (χ0n) is 14.8. The molecule has 0 aliphatic carbocycles. The number of hydrogen-bond donors (Lipinski definition) is 2. The minimum Gasteiger partial charge on any atom is -0.357 e. The molecular formula is C17H29N5O2. The van der Waals surface area contributed by atoms with E-state index in [4.69, 9.17) is 0 Å². The van der Waals surface area contributed by atoms with Gasteiger partial charge in [-0.2, -0.15) is 0 Å². The Labute approximate surface area is 144 Å². The molecule has 0 bridgehead atoms.